The Morgan fingerprint density at radius 1 is 1.12 bits per heavy atom. The molecule has 0 saturated carbocycles. The van der Waals surface area contributed by atoms with Crippen molar-refractivity contribution in [2.45, 2.75) is 32.6 Å². The van der Waals surface area contributed by atoms with Crippen molar-refractivity contribution >= 4 is 26.0 Å². The second kappa shape index (κ2) is 5.50. The third-order valence-electron chi connectivity index (χ3n) is 2.78. The SMILES string of the molecule is CCN(CC)S(=O)(=O)c1cc(C)c(Br)cc1C. The Balaban J connectivity index is 3.38. The molecule has 0 unspecified atom stereocenters. The van der Waals surface area contributed by atoms with Crippen molar-refractivity contribution < 1.29 is 8.42 Å². The second-order valence-electron chi connectivity index (χ2n) is 3.96. The van der Waals surface area contributed by atoms with Gasteiger partial charge in [-0.25, -0.2) is 8.42 Å². The lowest BCUT2D eigenvalue weighted by atomic mass is 10.2. The van der Waals surface area contributed by atoms with Gasteiger partial charge in [-0.15, -0.1) is 0 Å². The molecule has 0 fully saturated rings. The summed E-state index contributed by atoms with van der Waals surface area (Å²) in [5.41, 5.74) is 1.70. The summed E-state index contributed by atoms with van der Waals surface area (Å²) in [6.45, 7) is 8.40. The molecule has 1 aromatic rings. The fraction of sp³-hybridized carbons (Fsp3) is 0.500. The lowest BCUT2D eigenvalue weighted by Crippen LogP contribution is -2.31. The first-order valence-electron chi connectivity index (χ1n) is 5.61. The van der Waals surface area contributed by atoms with Gasteiger partial charge < -0.3 is 0 Å². The maximum Gasteiger partial charge on any atom is 0.243 e. The molecular weight excluding hydrogens is 302 g/mol. The second-order valence-corrected chi connectivity index (χ2v) is 6.72. The van der Waals surface area contributed by atoms with Crippen molar-refractivity contribution in [2.24, 2.45) is 0 Å². The first kappa shape index (κ1) is 14.7. The van der Waals surface area contributed by atoms with Crippen LogP contribution in [-0.4, -0.2) is 25.8 Å². The quantitative estimate of drug-likeness (QED) is 0.855. The van der Waals surface area contributed by atoms with Gasteiger partial charge in [0, 0.05) is 17.6 Å². The first-order chi connectivity index (χ1) is 7.84. The number of hydrogen-bond donors (Lipinski definition) is 0. The highest BCUT2D eigenvalue weighted by Crippen LogP contribution is 2.26. The summed E-state index contributed by atoms with van der Waals surface area (Å²) >= 11 is 3.41. The Morgan fingerprint density at radius 2 is 1.65 bits per heavy atom. The molecule has 0 aromatic heterocycles. The summed E-state index contributed by atoms with van der Waals surface area (Å²) < 4.78 is 27.2. The van der Waals surface area contributed by atoms with Crippen LogP contribution >= 0.6 is 15.9 Å². The molecule has 0 amide bonds. The predicted octanol–water partition coefficient (Wildman–Crippen LogP) is 3.10. The van der Waals surface area contributed by atoms with Crippen molar-refractivity contribution in [1.82, 2.24) is 4.31 Å². The summed E-state index contributed by atoms with van der Waals surface area (Å²) in [6.07, 6.45) is 0. The molecule has 0 atom stereocenters. The number of halogens is 1. The Hall–Kier alpha value is -0.390. The highest BCUT2D eigenvalue weighted by atomic mass is 79.9. The van der Waals surface area contributed by atoms with Gasteiger partial charge in [0.05, 0.1) is 4.90 Å². The van der Waals surface area contributed by atoms with Gasteiger partial charge in [-0.2, -0.15) is 4.31 Å². The predicted molar refractivity (Wildman–Crippen MR) is 73.7 cm³/mol. The van der Waals surface area contributed by atoms with Crippen LogP contribution in [0, 0.1) is 13.8 Å². The van der Waals surface area contributed by atoms with E-state index in [0.29, 0.717) is 18.0 Å². The molecule has 0 N–H and O–H groups in total. The van der Waals surface area contributed by atoms with E-state index in [4.69, 9.17) is 0 Å². The molecular formula is C12H18BrNO2S. The number of rotatable bonds is 4. The van der Waals surface area contributed by atoms with Crippen LogP contribution in [0.2, 0.25) is 0 Å². The van der Waals surface area contributed by atoms with Gasteiger partial charge in [0.25, 0.3) is 0 Å². The van der Waals surface area contributed by atoms with E-state index < -0.39 is 10.0 Å². The molecule has 0 aliphatic heterocycles. The summed E-state index contributed by atoms with van der Waals surface area (Å²) in [6, 6.07) is 3.58. The first-order valence-corrected chi connectivity index (χ1v) is 7.84. The molecule has 0 spiro atoms. The zero-order chi connectivity index (χ0) is 13.2. The number of benzene rings is 1. The van der Waals surface area contributed by atoms with Crippen LogP contribution in [0.4, 0.5) is 0 Å². The Kier molecular flexibility index (Phi) is 4.75. The van der Waals surface area contributed by atoms with Crippen LogP contribution in [-0.2, 0) is 10.0 Å². The van der Waals surface area contributed by atoms with Crippen molar-refractivity contribution in [1.29, 1.82) is 0 Å². The van der Waals surface area contributed by atoms with Gasteiger partial charge in [-0.05, 0) is 37.1 Å². The highest BCUT2D eigenvalue weighted by molar-refractivity contribution is 9.10. The zero-order valence-corrected chi connectivity index (χ0v) is 13.0. The Morgan fingerprint density at radius 3 is 2.12 bits per heavy atom. The van der Waals surface area contributed by atoms with Gasteiger partial charge in [0.1, 0.15) is 0 Å². The number of sulfonamides is 1. The minimum Gasteiger partial charge on any atom is -0.207 e. The Bertz CT molecular complexity index is 507. The average molecular weight is 320 g/mol. The molecule has 5 heteroatoms. The topological polar surface area (TPSA) is 37.4 Å². The monoisotopic (exact) mass is 319 g/mol. The van der Waals surface area contributed by atoms with E-state index >= 15 is 0 Å². The number of hydrogen-bond acceptors (Lipinski definition) is 2. The summed E-state index contributed by atoms with van der Waals surface area (Å²) in [4.78, 5) is 0.405. The van der Waals surface area contributed by atoms with Crippen molar-refractivity contribution in [3.63, 3.8) is 0 Å². The van der Waals surface area contributed by atoms with E-state index in [2.05, 4.69) is 15.9 Å². The van der Waals surface area contributed by atoms with Crippen molar-refractivity contribution in [2.75, 3.05) is 13.1 Å². The van der Waals surface area contributed by atoms with Crippen LogP contribution < -0.4 is 0 Å². The van der Waals surface area contributed by atoms with Crippen molar-refractivity contribution in [3.05, 3.63) is 27.7 Å². The minimum atomic E-state index is -3.36. The molecule has 0 heterocycles. The number of aryl methyl sites for hydroxylation is 2. The molecule has 0 radical (unpaired) electrons. The largest absolute Gasteiger partial charge is 0.243 e. The summed E-state index contributed by atoms with van der Waals surface area (Å²) in [7, 11) is -3.36. The molecule has 3 nitrogen and oxygen atoms in total. The highest BCUT2D eigenvalue weighted by Gasteiger charge is 2.23. The molecule has 0 bridgehead atoms. The van der Waals surface area contributed by atoms with E-state index in [1.54, 1.807) is 6.07 Å². The normalized spacial score (nSPS) is 12.1. The standard InChI is InChI=1S/C12H18BrNO2S/c1-5-14(6-2)17(15,16)12-8-9(3)11(13)7-10(12)4/h7-8H,5-6H2,1-4H3. The van der Waals surface area contributed by atoms with E-state index in [-0.39, 0.29) is 0 Å². The maximum atomic E-state index is 12.4. The van der Waals surface area contributed by atoms with Gasteiger partial charge in [-0.3, -0.25) is 0 Å². The van der Waals surface area contributed by atoms with Crippen LogP contribution in [0.3, 0.4) is 0 Å². The zero-order valence-electron chi connectivity index (χ0n) is 10.6. The van der Waals surface area contributed by atoms with E-state index in [1.165, 1.54) is 4.31 Å². The number of nitrogens with zero attached hydrogens (tertiary/aromatic N) is 1. The van der Waals surface area contributed by atoms with Gasteiger partial charge in [-0.1, -0.05) is 29.8 Å². The molecule has 96 valence electrons. The molecule has 0 saturated heterocycles. The van der Waals surface area contributed by atoms with Gasteiger partial charge in [0.15, 0.2) is 0 Å². The molecule has 1 rings (SSSR count). The third kappa shape index (κ3) is 2.89. The van der Waals surface area contributed by atoms with E-state index in [0.717, 1.165) is 15.6 Å². The molecule has 0 aliphatic carbocycles. The van der Waals surface area contributed by atoms with E-state index in [9.17, 15) is 8.42 Å². The molecule has 17 heavy (non-hydrogen) atoms. The smallest absolute Gasteiger partial charge is 0.207 e. The fourth-order valence-corrected chi connectivity index (χ4v) is 3.94. The van der Waals surface area contributed by atoms with Crippen LogP contribution in [0.15, 0.2) is 21.5 Å². The van der Waals surface area contributed by atoms with Crippen LogP contribution in [0.1, 0.15) is 25.0 Å². The van der Waals surface area contributed by atoms with Crippen LogP contribution in [0.5, 0.6) is 0 Å². The van der Waals surface area contributed by atoms with Gasteiger partial charge in [0.2, 0.25) is 10.0 Å². The third-order valence-corrected chi connectivity index (χ3v) is 5.83. The van der Waals surface area contributed by atoms with Crippen molar-refractivity contribution in [3.8, 4) is 0 Å². The average Bonchev–Trinajstić information content (AvgIpc) is 2.24. The fourth-order valence-electron chi connectivity index (χ4n) is 1.73. The summed E-state index contributed by atoms with van der Waals surface area (Å²) in [5, 5.41) is 0. The lowest BCUT2D eigenvalue weighted by molar-refractivity contribution is 0.445. The molecule has 1 aromatic carbocycles. The lowest BCUT2D eigenvalue weighted by Gasteiger charge is -2.20. The van der Waals surface area contributed by atoms with Crippen LogP contribution in [0.25, 0.3) is 0 Å². The summed E-state index contributed by atoms with van der Waals surface area (Å²) in [5.74, 6) is 0. The van der Waals surface area contributed by atoms with E-state index in [1.807, 2.05) is 33.8 Å². The minimum absolute atomic E-state index is 0.405. The molecule has 0 aliphatic rings. The Labute approximate surface area is 112 Å². The van der Waals surface area contributed by atoms with Gasteiger partial charge >= 0.3 is 0 Å². The maximum absolute atomic E-state index is 12.4.